The quantitative estimate of drug-likeness (QED) is 0.456. The minimum absolute atomic E-state index is 0.796. The van der Waals surface area contributed by atoms with Crippen LogP contribution in [0, 0.1) is 0 Å². The lowest BCUT2D eigenvalue weighted by Crippen LogP contribution is -2.22. The fourth-order valence-electron chi connectivity index (χ4n) is 3.45. The number of hydrogen-bond donors (Lipinski definition) is 1. The average Bonchev–Trinajstić information content (AvgIpc) is 2.70. The fraction of sp³-hybridized carbons (Fsp3) is 0.478. The summed E-state index contributed by atoms with van der Waals surface area (Å²) in [6, 6.07) is 15.3. The van der Waals surface area contributed by atoms with Crippen LogP contribution in [0.1, 0.15) is 51.9 Å². The van der Waals surface area contributed by atoms with Gasteiger partial charge >= 0.3 is 0 Å². The predicted molar refractivity (Wildman–Crippen MR) is 117 cm³/mol. The highest BCUT2D eigenvalue weighted by atomic mass is 32.2. The zero-order valence-electron chi connectivity index (χ0n) is 16.5. The standard InChI is InChI=1S/C23H32N2OS/c1-2-3-10-17-26-19-13-14-23-21(18-19)25(16-9-5-4-8-15-24)20-11-6-7-12-22(20)27-23/h6-7,11-14,18H,2-5,8-10,15-17,24H2,1H3. The highest BCUT2D eigenvalue weighted by molar-refractivity contribution is 7.99. The zero-order chi connectivity index (χ0) is 18.9. The van der Waals surface area contributed by atoms with Gasteiger partial charge in [0.05, 0.1) is 18.0 Å². The van der Waals surface area contributed by atoms with E-state index in [0.29, 0.717) is 0 Å². The third-order valence-electron chi connectivity index (χ3n) is 4.95. The Morgan fingerprint density at radius 3 is 2.56 bits per heavy atom. The van der Waals surface area contributed by atoms with Crippen LogP contribution in [0.3, 0.4) is 0 Å². The second-order valence-electron chi connectivity index (χ2n) is 7.11. The number of benzene rings is 2. The molecule has 0 bridgehead atoms. The van der Waals surface area contributed by atoms with Crippen LogP contribution in [0.25, 0.3) is 0 Å². The van der Waals surface area contributed by atoms with E-state index in [0.717, 1.165) is 38.3 Å². The summed E-state index contributed by atoms with van der Waals surface area (Å²) < 4.78 is 6.02. The number of ether oxygens (including phenoxy) is 1. The van der Waals surface area contributed by atoms with E-state index in [2.05, 4.69) is 54.3 Å². The first kappa shape index (κ1) is 20.1. The second-order valence-corrected chi connectivity index (χ2v) is 8.19. The summed E-state index contributed by atoms with van der Waals surface area (Å²) in [7, 11) is 0. The molecule has 0 fully saturated rings. The fourth-order valence-corrected chi connectivity index (χ4v) is 4.53. The van der Waals surface area contributed by atoms with E-state index in [9.17, 15) is 0 Å². The first-order valence-electron chi connectivity index (χ1n) is 10.3. The second kappa shape index (κ2) is 10.6. The van der Waals surface area contributed by atoms with Gasteiger partial charge in [-0.2, -0.15) is 0 Å². The molecule has 0 spiro atoms. The Morgan fingerprint density at radius 2 is 1.70 bits per heavy atom. The molecule has 1 aliphatic heterocycles. The number of unbranched alkanes of at least 4 members (excludes halogenated alkanes) is 5. The van der Waals surface area contributed by atoms with Crippen molar-refractivity contribution in [3.05, 3.63) is 42.5 Å². The summed E-state index contributed by atoms with van der Waals surface area (Å²) in [6.07, 6.45) is 8.32. The Bertz CT molecular complexity index is 719. The van der Waals surface area contributed by atoms with Crippen molar-refractivity contribution in [1.29, 1.82) is 0 Å². The van der Waals surface area contributed by atoms with Crippen molar-refractivity contribution in [3.8, 4) is 5.75 Å². The number of fused-ring (bicyclic) bond motifs is 2. The van der Waals surface area contributed by atoms with E-state index < -0.39 is 0 Å². The number of anilines is 2. The van der Waals surface area contributed by atoms with E-state index in [1.165, 1.54) is 53.3 Å². The highest BCUT2D eigenvalue weighted by Crippen LogP contribution is 2.49. The lowest BCUT2D eigenvalue weighted by atomic mass is 10.1. The van der Waals surface area contributed by atoms with E-state index in [1.54, 1.807) is 0 Å². The molecule has 0 radical (unpaired) electrons. The van der Waals surface area contributed by atoms with Gasteiger partial charge in [-0.3, -0.25) is 0 Å². The molecule has 0 aliphatic carbocycles. The average molecular weight is 385 g/mol. The van der Waals surface area contributed by atoms with Gasteiger partial charge in [0, 0.05) is 22.4 Å². The minimum Gasteiger partial charge on any atom is -0.494 e. The number of para-hydroxylation sites is 1. The van der Waals surface area contributed by atoms with Crippen LogP contribution in [-0.2, 0) is 0 Å². The molecule has 0 aromatic heterocycles. The minimum atomic E-state index is 0.796. The lowest BCUT2D eigenvalue weighted by molar-refractivity contribution is 0.306. The molecule has 1 heterocycles. The van der Waals surface area contributed by atoms with Crippen LogP contribution < -0.4 is 15.4 Å². The van der Waals surface area contributed by atoms with Gasteiger partial charge in [0.1, 0.15) is 5.75 Å². The summed E-state index contributed by atoms with van der Waals surface area (Å²) in [5.41, 5.74) is 8.23. The maximum atomic E-state index is 6.02. The lowest BCUT2D eigenvalue weighted by Gasteiger charge is -2.33. The molecule has 3 nitrogen and oxygen atoms in total. The monoisotopic (exact) mass is 384 g/mol. The van der Waals surface area contributed by atoms with Gasteiger partial charge in [-0.1, -0.05) is 56.5 Å². The van der Waals surface area contributed by atoms with E-state index in [1.807, 2.05) is 11.8 Å². The molecule has 4 heteroatoms. The van der Waals surface area contributed by atoms with Crippen molar-refractivity contribution in [3.63, 3.8) is 0 Å². The van der Waals surface area contributed by atoms with Gasteiger partial charge < -0.3 is 15.4 Å². The third kappa shape index (κ3) is 5.43. The molecule has 2 aromatic rings. The summed E-state index contributed by atoms with van der Waals surface area (Å²) in [5.74, 6) is 0.984. The highest BCUT2D eigenvalue weighted by Gasteiger charge is 2.23. The molecular formula is C23H32N2OS. The Kier molecular flexibility index (Phi) is 7.91. The molecule has 0 unspecified atom stereocenters. The smallest absolute Gasteiger partial charge is 0.121 e. The van der Waals surface area contributed by atoms with Gasteiger partial charge in [0.15, 0.2) is 0 Å². The SMILES string of the molecule is CCCCCOc1ccc2c(c1)N(CCCCCCN)c1ccccc1S2. The summed E-state index contributed by atoms with van der Waals surface area (Å²) in [6.45, 7) is 4.85. The molecule has 146 valence electrons. The molecule has 0 amide bonds. The Morgan fingerprint density at radius 1 is 0.889 bits per heavy atom. The molecule has 0 atom stereocenters. The van der Waals surface area contributed by atoms with Crippen LogP contribution in [-0.4, -0.2) is 19.7 Å². The Hall–Kier alpha value is -1.65. The van der Waals surface area contributed by atoms with Crippen molar-refractivity contribution in [2.75, 3.05) is 24.6 Å². The number of hydrogen-bond acceptors (Lipinski definition) is 4. The predicted octanol–water partition coefficient (Wildman–Crippen LogP) is 6.38. The van der Waals surface area contributed by atoms with Crippen molar-refractivity contribution in [2.24, 2.45) is 5.73 Å². The van der Waals surface area contributed by atoms with Crippen LogP contribution >= 0.6 is 11.8 Å². The van der Waals surface area contributed by atoms with E-state index >= 15 is 0 Å². The summed E-state index contributed by atoms with van der Waals surface area (Å²) in [5, 5.41) is 0. The van der Waals surface area contributed by atoms with Crippen LogP contribution in [0.5, 0.6) is 5.75 Å². The zero-order valence-corrected chi connectivity index (χ0v) is 17.3. The topological polar surface area (TPSA) is 38.5 Å². The van der Waals surface area contributed by atoms with Crippen molar-refractivity contribution >= 4 is 23.1 Å². The maximum absolute atomic E-state index is 6.02. The summed E-state index contributed by atoms with van der Waals surface area (Å²) >= 11 is 1.86. The Labute approximate surface area is 168 Å². The van der Waals surface area contributed by atoms with Gasteiger partial charge in [0.2, 0.25) is 0 Å². The molecule has 3 rings (SSSR count). The van der Waals surface area contributed by atoms with Crippen molar-refractivity contribution in [1.82, 2.24) is 0 Å². The first-order chi connectivity index (χ1) is 13.3. The molecule has 2 N–H and O–H groups in total. The molecule has 1 aliphatic rings. The van der Waals surface area contributed by atoms with Gasteiger partial charge in [-0.25, -0.2) is 0 Å². The maximum Gasteiger partial charge on any atom is 0.121 e. The van der Waals surface area contributed by atoms with Crippen molar-refractivity contribution < 1.29 is 4.74 Å². The van der Waals surface area contributed by atoms with Gasteiger partial charge in [-0.15, -0.1) is 0 Å². The van der Waals surface area contributed by atoms with E-state index in [4.69, 9.17) is 10.5 Å². The third-order valence-corrected chi connectivity index (χ3v) is 6.08. The Balaban J connectivity index is 1.74. The number of nitrogens with zero attached hydrogens (tertiary/aromatic N) is 1. The van der Waals surface area contributed by atoms with Crippen molar-refractivity contribution in [2.45, 2.75) is 61.7 Å². The molecule has 2 aromatic carbocycles. The first-order valence-corrected chi connectivity index (χ1v) is 11.2. The summed E-state index contributed by atoms with van der Waals surface area (Å²) in [4.78, 5) is 5.13. The molecular weight excluding hydrogens is 352 g/mol. The molecule has 27 heavy (non-hydrogen) atoms. The molecule has 0 saturated carbocycles. The van der Waals surface area contributed by atoms with Gasteiger partial charge in [0.25, 0.3) is 0 Å². The number of nitrogens with two attached hydrogens (primary N) is 1. The van der Waals surface area contributed by atoms with Gasteiger partial charge in [-0.05, 0) is 50.1 Å². The largest absolute Gasteiger partial charge is 0.494 e. The van der Waals surface area contributed by atoms with E-state index in [-0.39, 0.29) is 0 Å². The number of rotatable bonds is 11. The van der Waals surface area contributed by atoms with Crippen LogP contribution in [0.4, 0.5) is 11.4 Å². The molecule has 0 saturated heterocycles. The van der Waals surface area contributed by atoms with Crippen LogP contribution in [0.15, 0.2) is 52.3 Å². The van der Waals surface area contributed by atoms with Crippen LogP contribution in [0.2, 0.25) is 0 Å². The normalized spacial score (nSPS) is 12.6.